The van der Waals surface area contributed by atoms with E-state index in [1.54, 1.807) is 4.90 Å². The number of amides is 2. The number of benzene rings is 1. The van der Waals surface area contributed by atoms with Gasteiger partial charge in [-0.1, -0.05) is 12.1 Å². The number of piperazine rings is 1. The van der Waals surface area contributed by atoms with Crippen LogP contribution in [-0.4, -0.2) is 55.5 Å². The maximum atomic E-state index is 12.4. The SMILES string of the molecule is COC(=O)C[C@H]1C(=O)NCCN1CC(=O)Nc1cc(C)ccc1C. The summed E-state index contributed by atoms with van der Waals surface area (Å²) in [6.07, 6.45) is -0.0704. The molecular formula is C17H23N3O4. The van der Waals surface area contributed by atoms with E-state index in [1.165, 1.54) is 7.11 Å². The maximum Gasteiger partial charge on any atom is 0.307 e. The molecule has 0 bridgehead atoms. The zero-order valence-corrected chi connectivity index (χ0v) is 14.2. The van der Waals surface area contributed by atoms with Gasteiger partial charge >= 0.3 is 5.97 Å². The highest BCUT2D eigenvalue weighted by Crippen LogP contribution is 2.17. The van der Waals surface area contributed by atoms with Crippen LogP contribution < -0.4 is 10.6 Å². The Kier molecular flexibility index (Phi) is 5.92. The number of ether oxygens (including phenoxy) is 1. The fourth-order valence-corrected chi connectivity index (χ4v) is 2.66. The number of methoxy groups -OCH3 is 1. The van der Waals surface area contributed by atoms with Gasteiger partial charge < -0.3 is 15.4 Å². The Labute approximate surface area is 141 Å². The van der Waals surface area contributed by atoms with Crippen molar-refractivity contribution in [3.8, 4) is 0 Å². The number of esters is 1. The van der Waals surface area contributed by atoms with Crippen LogP contribution in [0.4, 0.5) is 5.69 Å². The van der Waals surface area contributed by atoms with Gasteiger partial charge in [-0.15, -0.1) is 0 Å². The Morgan fingerprint density at radius 3 is 2.83 bits per heavy atom. The quantitative estimate of drug-likeness (QED) is 0.771. The summed E-state index contributed by atoms with van der Waals surface area (Å²) in [5.41, 5.74) is 2.78. The highest BCUT2D eigenvalue weighted by Gasteiger charge is 2.33. The number of rotatable bonds is 5. The van der Waals surface area contributed by atoms with E-state index in [1.807, 2.05) is 32.0 Å². The van der Waals surface area contributed by atoms with Crippen LogP contribution in [0.1, 0.15) is 17.5 Å². The summed E-state index contributed by atoms with van der Waals surface area (Å²) in [6.45, 7) is 4.88. The molecule has 7 nitrogen and oxygen atoms in total. The molecule has 1 heterocycles. The molecule has 0 aromatic heterocycles. The van der Waals surface area contributed by atoms with Gasteiger partial charge in [-0.2, -0.15) is 0 Å². The van der Waals surface area contributed by atoms with E-state index in [-0.39, 0.29) is 24.8 Å². The zero-order valence-electron chi connectivity index (χ0n) is 14.2. The standard InChI is InChI=1S/C17H23N3O4/c1-11-4-5-12(2)13(8-11)19-15(21)10-20-7-6-18-17(23)14(20)9-16(22)24-3/h4-5,8,14H,6-7,9-10H2,1-3H3,(H,18,23)(H,19,21)/t14-/m0/s1. The Morgan fingerprint density at radius 2 is 2.12 bits per heavy atom. The number of carbonyl (C=O) groups is 3. The van der Waals surface area contributed by atoms with E-state index < -0.39 is 12.0 Å². The van der Waals surface area contributed by atoms with E-state index in [4.69, 9.17) is 0 Å². The molecule has 0 radical (unpaired) electrons. The zero-order chi connectivity index (χ0) is 17.7. The van der Waals surface area contributed by atoms with Crippen LogP contribution in [0.2, 0.25) is 0 Å². The number of nitrogens with zero attached hydrogens (tertiary/aromatic N) is 1. The van der Waals surface area contributed by atoms with E-state index in [0.717, 1.165) is 16.8 Å². The number of hydrogen-bond acceptors (Lipinski definition) is 5. The highest BCUT2D eigenvalue weighted by atomic mass is 16.5. The third-order valence-corrected chi connectivity index (χ3v) is 4.04. The Hall–Kier alpha value is -2.41. The highest BCUT2D eigenvalue weighted by molar-refractivity contribution is 5.94. The number of anilines is 1. The molecule has 0 aliphatic carbocycles. The second-order valence-corrected chi connectivity index (χ2v) is 5.92. The van der Waals surface area contributed by atoms with Gasteiger partial charge in [0.05, 0.1) is 20.1 Å². The molecule has 1 aliphatic heterocycles. The van der Waals surface area contributed by atoms with Gasteiger partial charge in [-0.05, 0) is 31.0 Å². The Morgan fingerprint density at radius 1 is 1.38 bits per heavy atom. The molecule has 1 aliphatic rings. The predicted octanol–water partition coefficient (Wildman–Crippen LogP) is 0.605. The van der Waals surface area contributed by atoms with Gasteiger partial charge in [0.15, 0.2) is 0 Å². The van der Waals surface area contributed by atoms with Gasteiger partial charge in [0.1, 0.15) is 6.04 Å². The van der Waals surface area contributed by atoms with Crippen LogP contribution in [0.5, 0.6) is 0 Å². The smallest absolute Gasteiger partial charge is 0.307 e. The van der Waals surface area contributed by atoms with E-state index in [0.29, 0.717) is 13.1 Å². The van der Waals surface area contributed by atoms with Gasteiger partial charge in [-0.3, -0.25) is 19.3 Å². The molecule has 1 saturated heterocycles. The average Bonchev–Trinajstić information content (AvgIpc) is 2.54. The van der Waals surface area contributed by atoms with Gasteiger partial charge in [0, 0.05) is 18.8 Å². The number of hydrogen-bond donors (Lipinski definition) is 2. The van der Waals surface area contributed by atoms with Gasteiger partial charge in [0.2, 0.25) is 11.8 Å². The molecular weight excluding hydrogens is 310 g/mol. The molecule has 7 heteroatoms. The number of carbonyl (C=O) groups excluding carboxylic acids is 3. The molecule has 0 saturated carbocycles. The Bertz CT molecular complexity index is 645. The van der Waals surface area contributed by atoms with Crippen molar-refractivity contribution in [2.45, 2.75) is 26.3 Å². The van der Waals surface area contributed by atoms with Crippen LogP contribution in [0, 0.1) is 13.8 Å². The van der Waals surface area contributed by atoms with E-state index >= 15 is 0 Å². The van der Waals surface area contributed by atoms with Crippen molar-refractivity contribution in [2.75, 3.05) is 32.1 Å². The lowest BCUT2D eigenvalue weighted by atomic mass is 10.1. The molecule has 0 unspecified atom stereocenters. The van der Waals surface area contributed by atoms with Crippen molar-refractivity contribution in [3.05, 3.63) is 29.3 Å². The molecule has 1 aromatic carbocycles. The van der Waals surface area contributed by atoms with Crippen molar-refractivity contribution in [2.24, 2.45) is 0 Å². The lowest BCUT2D eigenvalue weighted by molar-refractivity contribution is -0.146. The predicted molar refractivity (Wildman–Crippen MR) is 89.5 cm³/mol. The van der Waals surface area contributed by atoms with Crippen molar-refractivity contribution in [1.82, 2.24) is 10.2 Å². The minimum atomic E-state index is -0.685. The summed E-state index contributed by atoms with van der Waals surface area (Å²) in [7, 11) is 1.28. The lowest BCUT2D eigenvalue weighted by Gasteiger charge is -2.33. The van der Waals surface area contributed by atoms with Crippen LogP contribution >= 0.6 is 0 Å². The summed E-state index contributed by atoms with van der Waals surface area (Å²) >= 11 is 0. The lowest BCUT2D eigenvalue weighted by Crippen LogP contribution is -2.57. The largest absolute Gasteiger partial charge is 0.469 e. The third-order valence-electron chi connectivity index (χ3n) is 4.04. The first kappa shape index (κ1) is 17.9. The summed E-state index contributed by atoms with van der Waals surface area (Å²) < 4.78 is 4.63. The van der Waals surface area contributed by atoms with E-state index in [9.17, 15) is 14.4 Å². The summed E-state index contributed by atoms with van der Waals surface area (Å²) in [6, 6.07) is 5.14. The average molecular weight is 333 g/mol. The monoisotopic (exact) mass is 333 g/mol. The van der Waals surface area contributed by atoms with Crippen molar-refractivity contribution < 1.29 is 19.1 Å². The maximum absolute atomic E-state index is 12.4. The molecule has 2 amide bonds. The normalized spacial score (nSPS) is 18.0. The first-order valence-corrected chi connectivity index (χ1v) is 7.86. The van der Waals surface area contributed by atoms with Crippen molar-refractivity contribution in [1.29, 1.82) is 0 Å². The van der Waals surface area contributed by atoms with Gasteiger partial charge in [-0.25, -0.2) is 0 Å². The minimum absolute atomic E-state index is 0.0441. The van der Waals surface area contributed by atoms with Crippen LogP contribution in [-0.2, 0) is 19.1 Å². The number of nitrogens with one attached hydrogen (secondary N) is 2. The van der Waals surface area contributed by atoms with Crippen LogP contribution in [0.15, 0.2) is 18.2 Å². The van der Waals surface area contributed by atoms with Gasteiger partial charge in [0.25, 0.3) is 0 Å². The minimum Gasteiger partial charge on any atom is -0.469 e. The van der Waals surface area contributed by atoms with Crippen LogP contribution in [0.25, 0.3) is 0 Å². The molecule has 0 spiro atoms. The molecule has 2 N–H and O–H groups in total. The van der Waals surface area contributed by atoms with Crippen molar-refractivity contribution >= 4 is 23.5 Å². The third kappa shape index (κ3) is 4.55. The Balaban J connectivity index is 2.03. The fraction of sp³-hybridized carbons (Fsp3) is 0.471. The second-order valence-electron chi connectivity index (χ2n) is 5.92. The molecule has 2 rings (SSSR count). The summed E-state index contributed by atoms with van der Waals surface area (Å²) in [4.78, 5) is 37.6. The topological polar surface area (TPSA) is 87.7 Å². The second kappa shape index (κ2) is 7.92. The van der Waals surface area contributed by atoms with Crippen molar-refractivity contribution in [3.63, 3.8) is 0 Å². The molecule has 1 aromatic rings. The molecule has 1 atom stereocenters. The number of aryl methyl sites for hydroxylation is 2. The molecule has 130 valence electrons. The van der Waals surface area contributed by atoms with Crippen LogP contribution in [0.3, 0.4) is 0 Å². The summed E-state index contributed by atoms with van der Waals surface area (Å²) in [5, 5.41) is 5.58. The molecule has 1 fully saturated rings. The van der Waals surface area contributed by atoms with E-state index in [2.05, 4.69) is 15.4 Å². The first-order valence-electron chi connectivity index (χ1n) is 7.86. The fourth-order valence-electron chi connectivity index (χ4n) is 2.66. The molecule has 24 heavy (non-hydrogen) atoms. The first-order chi connectivity index (χ1) is 11.4. The summed E-state index contributed by atoms with van der Waals surface area (Å²) in [5.74, 6) is -0.948.